The molecule has 0 saturated carbocycles. The molecule has 7 heteroatoms. The molecule has 2 aromatic rings. The summed E-state index contributed by atoms with van der Waals surface area (Å²) in [5.74, 6) is 2.06. The number of anilines is 2. The van der Waals surface area contributed by atoms with Crippen molar-refractivity contribution in [2.24, 2.45) is 0 Å². The van der Waals surface area contributed by atoms with Crippen molar-refractivity contribution in [3.8, 4) is 0 Å². The zero-order valence-electron chi connectivity index (χ0n) is 10.6. The van der Waals surface area contributed by atoms with Crippen LogP contribution in [0.1, 0.15) is 36.8 Å². The largest absolute Gasteiger partial charge is 0.368 e. The number of nitrogens with two attached hydrogens (primary N) is 1. The summed E-state index contributed by atoms with van der Waals surface area (Å²) in [6.45, 7) is 5.67. The Labute approximate surface area is 105 Å². The second kappa shape index (κ2) is 4.99. The second-order valence-corrected chi connectivity index (χ2v) is 4.04. The predicted molar refractivity (Wildman–Crippen MR) is 66.9 cm³/mol. The van der Waals surface area contributed by atoms with Crippen LogP contribution in [0.25, 0.3) is 0 Å². The first-order valence-corrected chi connectivity index (χ1v) is 5.76. The quantitative estimate of drug-likeness (QED) is 0.847. The number of nitrogen functional groups attached to an aromatic ring is 1. The van der Waals surface area contributed by atoms with Crippen molar-refractivity contribution in [2.75, 3.05) is 11.1 Å². The van der Waals surface area contributed by atoms with Crippen LogP contribution in [0.15, 0.2) is 10.6 Å². The lowest BCUT2D eigenvalue weighted by Gasteiger charge is -2.13. The average Bonchev–Trinajstić information content (AvgIpc) is 2.71. The van der Waals surface area contributed by atoms with Crippen LogP contribution in [0.4, 0.5) is 11.8 Å². The Morgan fingerprint density at radius 1 is 1.33 bits per heavy atom. The minimum Gasteiger partial charge on any atom is -0.368 e. The van der Waals surface area contributed by atoms with Crippen LogP contribution in [0.2, 0.25) is 0 Å². The number of aromatic nitrogens is 4. The number of hydrogen-bond acceptors (Lipinski definition) is 7. The van der Waals surface area contributed by atoms with E-state index in [1.54, 1.807) is 6.92 Å². The SMILES string of the molecule is CC[C@@H](Nc1cc(C)nc(N)n1)c1nc(C)no1. The number of rotatable bonds is 4. The van der Waals surface area contributed by atoms with Gasteiger partial charge < -0.3 is 15.6 Å². The van der Waals surface area contributed by atoms with E-state index < -0.39 is 0 Å². The molecule has 18 heavy (non-hydrogen) atoms. The third kappa shape index (κ3) is 2.73. The summed E-state index contributed by atoms with van der Waals surface area (Å²) in [5, 5.41) is 6.99. The predicted octanol–water partition coefficient (Wildman–Crippen LogP) is 1.62. The van der Waals surface area contributed by atoms with Gasteiger partial charge in [-0.25, -0.2) is 4.98 Å². The van der Waals surface area contributed by atoms with E-state index in [0.29, 0.717) is 17.5 Å². The van der Waals surface area contributed by atoms with Gasteiger partial charge in [0.2, 0.25) is 11.8 Å². The molecule has 0 bridgehead atoms. The van der Waals surface area contributed by atoms with Gasteiger partial charge in [0, 0.05) is 11.8 Å². The molecule has 0 unspecified atom stereocenters. The van der Waals surface area contributed by atoms with Crippen LogP contribution in [0.5, 0.6) is 0 Å². The molecule has 0 aliphatic rings. The molecule has 2 rings (SSSR count). The van der Waals surface area contributed by atoms with Crippen LogP contribution in [-0.4, -0.2) is 20.1 Å². The Morgan fingerprint density at radius 2 is 2.11 bits per heavy atom. The third-order valence-electron chi connectivity index (χ3n) is 2.44. The van der Waals surface area contributed by atoms with Gasteiger partial charge in [0.05, 0.1) is 0 Å². The maximum atomic E-state index is 5.61. The van der Waals surface area contributed by atoms with Crippen LogP contribution in [0, 0.1) is 13.8 Å². The molecule has 0 aliphatic heterocycles. The maximum absolute atomic E-state index is 5.61. The van der Waals surface area contributed by atoms with Crippen molar-refractivity contribution >= 4 is 11.8 Å². The van der Waals surface area contributed by atoms with E-state index in [1.807, 2.05) is 19.9 Å². The van der Waals surface area contributed by atoms with E-state index in [2.05, 4.69) is 25.4 Å². The number of nitrogens with zero attached hydrogens (tertiary/aromatic N) is 4. The van der Waals surface area contributed by atoms with Crippen molar-refractivity contribution in [2.45, 2.75) is 33.2 Å². The van der Waals surface area contributed by atoms with Gasteiger partial charge >= 0.3 is 0 Å². The highest BCUT2D eigenvalue weighted by molar-refractivity contribution is 5.41. The summed E-state index contributed by atoms with van der Waals surface area (Å²) in [7, 11) is 0. The zero-order chi connectivity index (χ0) is 13.1. The molecule has 0 aliphatic carbocycles. The molecular weight excluding hydrogens is 232 g/mol. The summed E-state index contributed by atoms with van der Waals surface area (Å²) in [6.07, 6.45) is 0.796. The Hall–Kier alpha value is -2.18. The average molecular weight is 248 g/mol. The summed E-state index contributed by atoms with van der Waals surface area (Å²) < 4.78 is 5.15. The normalized spacial score (nSPS) is 12.4. The minimum atomic E-state index is -0.0834. The summed E-state index contributed by atoms with van der Waals surface area (Å²) >= 11 is 0. The molecule has 0 radical (unpaired) electrons. The van der Waals surface area contributed by atoms with Crippen molar-refractivity contribution in [3.05, 3.63) is 23.5 Å². The van der Waals surface area contributed by atoms with Crippen LogP contribution < -0.4 is 11.1 Å². The van der Waals surface area contributed by atoms with Crippen LogP contribution in [-0.2, 0) is 0 Å². The van der Waals surface area contributed by atoms with Gasteiger partial charge in [-0.05, 0) is 20.3 Å². The molecule has 96 valence electrons. The van der Waals surface area contributed by atoms with Gasteiger partial charge in [0.1, 0.15) is 11.9 Å². The summed E-state index contributed by atoms with van der Waals surface area (Å²) in [5.41, 5.74) is 6.41. The Bertz CT molecular complexity index is 518. The lowest BCUT2D eigenvalue weighted by molar-refractivity contribution is 0.356. The second-order valence-electron chi connectivity index (χ2n) is 4.04. The highest BCUT2D eigenvalue weighted by atomic mass is 16.5. The standard InChI is InChI=1S/C11H16N6O/c1-4-8(10-14-7(3)17-18-10)15-9-5-6(2)13-11(12)16-9/h5,8H,4H2,1-3H3,(H3,12,13,15,16)/t8-/m1/s1. The molecule has 2 aromatic heterocycles. The van der Waals surface area contributed by atoms with Crippen molar-refractivity contribution in [3.63, 3.8) is 0 Å². The fourth-order valence-electron chi connectivity index (χ4n) is 1.64. The Kier molecular flexibility index (Phi) is 3.40. The minimum absolute atomic E-state index is 0.0834. The summed E-state index contributed by atoms with van der Waals surface area (Å²) in [4.78, 5) is 12.3. The topological polar surface area (TPSA) is 103 Å². The molecule has 1 atom stereocenters. The molecule has 0 spiro atoms. The smallest absolute Gasteiger partial charge is 0.249 e. The molecule has 7 nitrogen and oxygen atoms in total. The fourth-order valence-corrected chi connectivity index (χ4v) is 1.64. The molecule has 0 fully saturated rings. The Morgan fingerprint density at radius 3 is 2.67 bits per heavy atom. The molecule has 0 amide bonds. The monoisotopic (exact) mass is 248 g/mol. The van der Waals surface area contributed by atoms with E-state index in [4.69, 9.17) is 10.3 Å². The van der Waals surface area contributed by atoms with Crippen molar-refractivity contribution < 1.29 is 4.52 Å². The molecule has 0 aromatic carbocycles. The highest BCUT2D eigenvalue weighted by Crippen LogP contribution is 2.20. The number of nitrogens with one attached hydrogen (secondary N) is 1. The van der Waals surface area contributed by atoms with Crippen LogP contribution in [0.3, 0.4) is 0 Å². The van der Waals surface area contributed by atoms with Gasteiger partial charge in [-0.15, -0.1) is 0 Å². The lowest BCUT2D eigenvalue weighted by atomic mass is 10.2. The molecule has 0 saturated heterocycles. The van der Waals surface area contributed by atoms with E-state index in [-0.39, 0.29) is 12.0 Å². The first-order valence-electron chi connectivity index (χ1n) is 5.76. The maximum Gasteiger partial charge on any atom is 0.249 e. The first kappa shape index (κ1) is 12.3. The Balaban J connectivity index is 2.20. The van der Waals surface area contributed by atoms with E-state index >= 15 is 0 Å². The number of aryl methyl sites for hydroxylation is 2. The van der Waals surface area contributed by atoms with Crippen LogP contribution >= 0.6 is 0 Å². The van der Waals surface area contributed by atoms with E-state index in [0.717, 1.165) is 12.1 Å². The first-order chi connectivity index (χ1) is 8.58. The fraction of sp³-hybridized carbons (Fsp3) is 0.455. The highest BCUT2D eigenvalue weighted by Gasteiger charge is 2.16. The van der Waals surface area contributed by atoms with Crippen molar-refractivity contribution in [1.82, 2.24) is 20.1 Å². The summed E-state index contributed by atoms with van der Waals surface area (Å²) in [6, 6.07) is 1.74. The molecule has 3 N–H and O–H groups in total. The number of hydrogen-bond donors (Lipinski definition) is 2. The zero-order valence-corrected chi connectivity index (χ0v) is 10.6. The van der Waals surface area contributed by atoms with E-state index in [1.165, 1.54) is 0 Å². The van der Waals surface area contributed by atoms with Gasteiger partial charge in [-0.2, -0.15) is 9.97 Å². The van der Waals surface area contributed by atoms with Gasteiger partial charge in [0.25, 0.3) is 0 Å². The van der Waals surface area contributed by atoms with E-state index in [9.17, 15) is 0 Å². The van der Waals surface area contributed by atoms with Gasteiger partial charge in [-0.1, -0.05) is 12.1 Å². The van der Waals surface area contributed by atoms with Crippen molar-refractivity contribution in [1.29, 1.82) is 0 Å². The van der Waals surface area contributed by atoms with Gasteiger partial charge in [-0.3, -0.25) is 0 Å². The third-order valence-corrected chi connectivity index (χ3v) is 2.44. The molecule has 2 heterocycles. The van der Waals surface area contributed by atoms with Gasteiger partial charge in [0.15, 0.2) is 5.82 Å². The lowest BCUT2D eigenvalue weighted by Crippen LogP contribution is -2.12. The molecular formula is C11H16N6O.